The normalized spacial score (nSPS) is 15.0. The van der Waals surface area contributed by atoms with Crippen LogP contribution in [0.3, 0.4) is 0 Å². The number of fused-ring (bicyclic) bond motifs is 1. The molecule has 4 nitrogen and oxygen atoms in total. The minimum Gasteiger partial charge on any atom is -0.488 e. The Morgan fingerprint density at radius 3 is 2.84 bits per heavy atom. The summed E-state index contributed by atoms with van der Waals surface area (Å²) in [5.74, 6) is 0.390. The number of carbonyl (C=O) groups is 1. The first-order valence-corrected chi connectivity index (χ1v) is 6.42. The van der Waals surface area contributed by atoms with Gasteiger partial charge in [-0.1, -0.05) is 6.07 Å². The Morgan fingerprint density at radius 1 is 1.32 bits per heavy atom. The minimum absolute atomic E-state index is 0.286. The molecule has 0 amide bonds. The maximum Gasteiger partial charge on any atom is 0.338 e. The van der Waals surface area contributed by atoms with Crippen LogP contribution < -0.4 is 4.74 Å². The van der Waals surface area contributed by atoms with E-state index in [1.165, 1.54) is 13.5 Å². The molecule has 1 saturated carbocycles. The van der Waals surface area contributed by atoms with Gasteiger partial charge in [0, 0.05) is 11.6 Å². The molecule has 1 aromatic carbocycles. The van der Waals surface area contributed by atoms with Gasteiger partial charge in [-0.25, -0.2) is 4.79 Å². The zero-order valence-electron chi connectivity index (χ0n) is 10.8. The fourth-order valence-corrected chi connectivity index (χ4v) is 2.20. The molecule has 19 heavy (non-hydrogen) atoms. The number of carbonyl (C=O) groups excluding carboxylic acids is 1. The summed E-state index contributed by atoms with van der Waals surface area (Å²) in [6, 6.07) is 7.22. The van der Waals surface area contributed by atoms with Gasteiger partial charge in [0.1, 0.15) is 11.3 Å². The van der Waals surface area contributed by atoms with E-state index in [9.17, 15) is 4.79 Å². The van der Waals surface area contributed by atoms with Crippen LogP contribution in [0.1, 0.15) is 29.6 Å². The summed E-state index contributed by atoms with van der Waals surface area (Å²) in [6.45, 7) is 0. The third kappa shape index (κ3) is 2.14. The number of hydrogen-bond donors (Lipinski definition) is 0. The molecular weight excluding hydrogens is 242 g/mol. The zero-order valence-corrected chi connectivity index (χ0v) is 10.8. The van der Waals surface area contributed by atoms with Crippen molar-refractivity contribution >= 4 is 16.9 Å². The van der Waals surface area contributed by atoms with E-state index in [-0.39, 0.29) is 12.1 Å². The second-order valence-electron chi connectivity index (χ2n) is 4.67. The van der Waals surface area contributed by atoms with E-state index >= 15 is 0 Å². The van der Waals surface area contributed by atoms with Crippen LogP contribution in [-0.4, -0.2) is 24.2 Å². The van der Waals surface area contributed by atoms with Gasteiger partial charge in [0.2, 0.25) is 0 Å². The van der Waals surface area contributed by atoms with Crippen molar-refractivity contribution < 1.29 is 14.3 Å². The second-order valence-corrected chi connectivity index (χ2v) is 4.67. The van der Waals surface area contributed by atoms with E-state index in [1.54, 1.807) is 18.3 Å². The molecule has 0 spiro atoms. The largest absolute Gasteiger partial charge is 0.488 e. The first kappa shape index (κ1) is 12.0. The molecular formula is C15H15NO3. The molecule has 0 saturated heterocycles. The van der Waals surface area contributed by atoms with Crippen LogP contribution in [0.4, 0.5) is 0 Å². The number of aromatic nitrogens is 1. The van der Waals surface area contributed by atoms with E-state index in [1.807, 2.05) is 12.1 Å². The van der Waals surface area contributed by atoms with E-state index in [2.05, 4.69) is 4.98 Å². The highest BCUT2D eigenvalue weighted by atomic mass is 16.5. The molecule has 1 aromatic heterocycles. The maximum absolute atomic E-state index is 11.7. The molecule has 0 bridgehead atoms. The molecule has 2 aromatic rings. The number of hydrogen-bond acceptors (Lipinski definition) is 4. The Hall–Kier alpha value is -2.10. The fraction of sp³-hybridized carbons (Fsp3) is 0.333. The lowest BCUT2D eigenvalue weighted by Gasteiger charge is -2.26. The number of esters is 1. The van der Waals surface area contributed by atoms with Crippen molar-refractivity contribution in [3.05, 3.63) is 36.0 Å². The molecule has 1 fully saturated rings. The maximum atomic E-state index is 11.7. The van der Waals surface area contributed by atoms with Gasteiger partial charge < -0.3 is 9.47 Å². The zero-order chi connectivity index (χ0) is 13.2. The topological polar surface area (TPSA) is 48.4 Å². The van der Waals surface area contributed by atoms with Crippen LogP contribution in [0.2, 0.25) is 0 Å². The molecule has 0 radical (unpaired) electrons. The number of methoxy groups -OCH3 is 1. The Morgan fingerprint density at radius 2 is 2.16 bits per heavy atom. The molecule has 0 N–H and O–H groups in total. The minimum atomic E-state index is -0.354. The molecule has 3 rings (SSSR count). The first-order valence-electron chi connectivity index (χ1n) is 6.42. The molecule has 0 unspecified atom stereocenters. The van der Waals surface area contributed by atoms with E-state index < -0.39 is 0 Å². The Balaban J connectivity index is 2.07. The number of nitrogens with zero attached hydrogens (tertiary/aromatic N) is 1. The standard InChI is InChI=1S/C15H15NO3/c1-18-15(17)12-7-8-13(19-10-4-2-5-10)14-11(12)6-3-9-16-14/h3,6-10H,2,4-5H2,1H3. The SMILES string of the molecule is COC(=O)c1ccc(OC2CCC2)c2ncccc12. The third-order valence-corrected chi connectivity index (χ3v) is 3.48. The third-order valence-electron chi connectivity index (χ3n) is 3.48. The summed E-state index contributed by atoms with van der Waals surface area (Å²) in [5, 5.41) is 0.770. The van der Waals surface area contributed by atoms with Crippen LogP contribution in [0.5, 0.6) is 5.75 Å². The van der Waals surface area contributed by atoms with Gasteiger partial charge >= 0.3 is 5.97 Å². The van der Waals surface area contributed by atoms with Gasteiger partial charge in [0.05, 0.1) is 18.8 Å². The Labute approximate surface area is 111 Å². The second kappa shape index (κ2) is 4.88. The van der Waals surface area contributed by atoms with E-state index in [0.29, 0.717) is 5.56 Å². The van der Waals surface area contributed by atoms with Crippen LogP contribution in [0.15, 0.2) is 30.5 Å². The van der Waals surface area contributed by atoms with Gasteiger partial charge in [0.25, 0.3) is 0 Å². The van der Waals surface area contributed by atoms with Gasteiger partial charge in [-0.3, -0.25) is 4.98 Å². The van der Waals surface area contributed by atoms with Crippen molar-refractivity contribution in [1.82, 2.24) is 4.98 Å². The highest BCUT2D eigenvalue weighted by Crippen LogP contribution is 2.31. The van der Waals surface area contributed by atoms with Crippen LogP contribution in [-0.2, 0) is 4.74 Å². The summed E-state index contributed by atoms with van der Waals surface area (Å²) in [5.41, 5.74) is 1.24. The predicted molar refractivity (Wildman–Crippen MR) is 71.3 cm³/mol. The van der Waals surface area contributed by atoms with E-state index in [4.69, 9.17) is 9.47 Å². The monoisotopic (exact) mass is 257 g/mol. The fourth-order valence-electron chi connectivity index (χ4n) is 2.20. The lowest BCUT2D eigenvalue weighted by molar-refractivity contribution is 0.0603. The predicted octanol–water partition coefficient (Wildman–Crippen LogP) is 2.95. The van der Waals surface area contributed by atoms with Crippen LogP contribution >= 0.6 is 0 Å². The molecule has 1 aliphatic carbocycles. The highest BCUT2D eigenvalue weighted by molar-refractivity contribution is 6.05. The molecule has 4 heteroatoms. The summed E-state index contributed by atoms with van der Waals surface area (Å²) in [6.07, 6.45) is 5.39. The van der Waals surface area contributed by atoms with Crippen molar-refractivity contribution in [3.8, 4) is 5.75 Å². The number of pyridine rings is 1. The summed E-state index contributed by atoms with van der Waals surface area (Å²) >= 11 is 0. The molecule has 98 valence electrons. The average molecular weight is 257 g/mol. The number of rotatable bonds is 3. The van der Waals surface area contributed by atoms with Crippen molar-refractivity contribution in [1.29, 1.82) is 0 Å². The molecule has 0 aliphatic heterocycles. The Kier molecular flexibility index (Phi) is 3.07. The van der Waals surface area contributed by atoms with E-state index in [0.717, 1.165) is 29.5 Å². The molecule has 0 atom stereocenters. The summed E-state index contributed by atoms with van der Waals surface area (Å²) in [7, 11) is 1.38. The lowest BCUT2D eigenvalue weighted by atomic mass is 9.96. The van der Waals surface area contributed by atoms with Gasteiger partial charge in [-0.05, 0) is 37.5 Å². The van der Waals surface area contributed by atoms with Crippen LogP contribution in [0.25, 0.3) is 10.9 Å². The molecule has 1 heterocycles. The smallest absolute Gasteiger partial charge is 0.338 e. The van der Waals surface area contributed by atoms with Crippen LogP contribution in [0, 0.1) is 0 Å². The number of benzene rings is 1. The van der Waals surface area contributed by atoms with Gasteiger partial charge in [-0.15, -0.1) is 0 Å². The molecule has 1 aliphatic rings. The Bertz CT molecular complexity index is 620. The van der Waals surface area contributed by atoms with Crippen molar-refractivity contribution in [2.45, 2.75) is 25.4 Å². The van der Waals surface area contributed by atoms with Gasteiger partial charge in [0.15, 0.2) is 0 Å². The average Bonchev–Trinajstić information content (AvgIpc) is 2.41. The quantitative estimate of drug-likeness (QED) is 0.793. The lowest BCUT2D eigenvalue weighted by Crippen LogP contribution is -2.24. The van der Waals surface area contributed by atoms with Crippen molar-refractivity contribution in [2.75, 3.05) is 7.11 Å². The van der Waals surface area contributed by atoms with Gasteiger partial charge in [-0.2, -0.15) is 0 Å². The summed E-state index contributed by atoms with van der Waals surface area (Å²) < 4.78 is 10.7. The summed E-state index contributed by atoms with van der Waals surface area (Å²) in [4.78, 5) is 16.1. The first-order chi connectivity index (χ1) is 9.29. The highest BCUT2D eigenvalue weighted by Gasteiger charge is 2.21. The van der Waals surface area contributed by atoms with Crippen molar-refractivity contribution in [3.63, 3.8) is 0 Å². The van der Waals surface area contributed by atoms with Crippen molar-refractivity contribution in [2.24, 2.45) is 0 Å². The number of ether oxygens (including phenoxy) is 2.